The fourth-order valence-electron chi connectivity index (χ4n) is 2.78. The molecule has 0 bridgehead atoms. The van der Waals surface area contributed by atoms with E-state index in [-0.39, 0.29) is 18.7 Å². The van der Waals surface area contributed by atoms with Crippen LogP contribution in [-0.2, 0) is 16.1 Å². The van der Waals surface area contributed by atoms with Gasteiger partial charge in [0.1, 0.15) is 22.0 Å². The van der Waals surface area contributed by atoms with Crippen LogP contribution in [-0.4, -0.2) is 28.0 Å². The molecule has 2 aromatic heterocycles. The van der Waals surface area contributed by atoms with Gasteiger partial charge in [0.15, 0.2) is 0 Å². The average Bonchev–Trinajstić information content (AvgIpc) is 3.11. The Labute approximate surface area is 192 Å². The van der Waals surface area contributed by atoms with E-state index < -0.39 is 17.5 Å². The summed E-state index contributed by atoms with van der Waals surface area (Å²) in [6.07, 6.45) is -1.82. The number of nitrogens with zero attached hydrogens (tertiary/aromatic N) is 2. The Kier molecular flexibility index (Phi) is 6.87. The standard InChI is InChI=1S/C23H22F3N3O3S/c1-13-9-14(7-8-23(24,25)26)5-6-16(13)19(30)28-15-10-17-20(27-11-15)33-18(29-17)12-32-21(31)22(2,3)4/h5-11H,12H2,1-4H3,(H,28,30). The Balaban J connectivity index is 1.71. The Bertz CT molecular complexity index is 1230. The van der Waals surface area contributed by atoms with Crippen molar-refractivity contribution in [3.63, 3.8) is 0 Å². The number of rotatable bonds is 5. The van der Waals surface area contributed by atoms with Crippen LogP contribution in [0.1, 0.15) is 47.3 Å². The third kappa shape index (κ3) is 6.61. The fourth-order valence-corrected chi connectivity index (χ4v) is 3.58. The molecule has 6 nitrogen and oxygen atoms in total. The van der Waals surface area contributed by atoms with E-state index >= 15 is 0 Å². The van der Waals surface area contributed by atoms with E-state index in [0.717, 1.165) is 6.08 Å². The largest absolute Gasteiger partial charge is 0.458 e. The lowest BCUT2D eigenvalue weighted by Gasteiger charge is -2.15. The summed E-state index contributed by atoms with van der Waals surface area (Å²) in [6.45, 7) is 6.97. The Morgan fingerprint density at radius 3 is 2.55 bits per heavy atom. The average molecular weight is 478 g/mol. The van der Waals surface area contributed by atoms with Crippen LogP contribution >= 0.6 is 11.3 Å². The predicted molar refractivity (Wildman–Crippen MR) is 121 cm³/mol. The number of pyridine rings is 1. The smallest absolute Gasteiger partial charge is 0.409 e. The van der Waals surface area contributed by atoms with E-state index in [9.17, 15) is 22.8 Å². The third-order valence-electron chi connectivity index (χ3n) is 4.45. The number of carbonyl (C=O) groups excluding carboxylic acids is 2. The summed E-state index contributed by atoms with van der Waals surface area (Å²) >= 11 is 1.29. The van der Waals surface area contributed by atoms with Crippen molar-refractivity contribution in [3.8, 4) is 0 Å². The maximum absolute atomic E-state index is 12.7. The van der Waals surface area contributed by atoms with E-state index in [1.165, 1.54) is 35.7 Å². The molecule has 1 N–H and O–H groups in total. The molecule has 1 aromatic carbocycles. The molecule has 10 heteroatoms. The fraction of sp³-hybridized carbons (Fsp3) is 0.304. The number of nitrogens with one attached hydrogen (secondary N) is 1. The van der Waals surface area contributed by atoms with E-state index in [4.69, 9.17) is 4.74 Å². The van der Waals surface area contributed by atoms with Gasteiger partial charge in [0.2, 0.25) is 0 Å². The molecule has 0 fully saturated rings. The number of hydrogen-bond donors (Lipinski definition) is 1. The monoisotopic (exact) mass is 477 g/mol. The number of halogens is 3. The highest BCUT2D eigenvalue weighted by Gasteiger charge is 2.24. The molecule has 0 atom stereocenters. The Hall–Kier alpha value is -3.27. The van der Waals surface area contributed by atoms with Gasteiger partial charge < -0.3 is 10.1 Å². The summed E-state index contributed by atoms with van der Waals surface area (Å²) in [7, 11) is 0. The van der Waals surface area contributed by atoms with Crippen LogP contribution in [0.3, 0.4) is 0 Å². The van der Waals surface area contributed by atoms with Crippen LogP contribution in [0.2, 0.25) is 0 Å². The number of allylic oxidation sites excluding steroid dienone is 1. The quantitative estimate of drug-likeness (QED) is 0.462. The molecule has 0 aliphatic carbocycles. The Morgan fingerprint density at radius 2 is 1.91 bits per heavy atom. The van der Waals surface area contributed by atoms with Crippen molar-refractivity contribution in [2.75, 3.05) is 5.32 Å². The number of carbonyl (C=O) groups is 2. The van der Waals surface area contributed by atoms with Crippen molar-refractivity contribution in [2.24, 2.45) is 5.41 Å². The molecule has 33 heavy (non-hydrogen) atoms. The van der Waals surface area contributed by atoms with Crippen molar-refractivity contribution in [1.29, 1.82) is 0 Å². The summed E-state index contributed by atoms with van der Waals surface area (Å²) in [5.41, 5.74) is 1.54. The minimum atomic E-state index is -4.40. The number of amides is 1. The maximum Gasteiger partial charge on any atom is 0.409 e. The first kappa shape index (κ1) is 24.4. The summed E-state index contributed by atoms with van der Waals surface area (Å²) in [5, 5.41) is 3.31. The second-order valence-electron chi connectivity index (χ2n) is 8.39. The number of ether oxygens (including phenoxy) is 1. The molecule has 0 aliphatic rings. The van der Waals surface area contributed by atoms with E-state index in [1.807, 2.05) is 0 Å². The number of esters is 1. The molecular formula is C23H22F3N3O3S. The molecular weight excluding hydrogens is 455 g/mol. The van der Waals surface area contributed by atoms with Crippen LogP contribution in [0.4, 0.5) is 18.9 Å². The predicted octanol–water partition coefficient (Wildman–Crippen LogP) is 5.92. The molecule has 0 spiro atoms. The number of aromatic nitrogens is 2. The molecule has 2 heterocycles. The van der Waals surface area contributed by atoms with Gasteiger partial charge >= 0.3 is 12.1 Å². The van der Waals surface area contributed by atoms with Crippen molar-refractivity contribution in [1.82, 2.24) is 9.97 Å². The number of anilines is 1. The van der Waals surface area contributed by atoms with Gasteiger partial charge in [-0.1, -0.05) is 29.5 Å². The lowest BCUT2D eigenvalue weighted by atomic mass is 9.97. The highest BCUT2D eigenvalue weighted by Crippen LogP contribution is 2.25. The number of aryl methyl sites for hydroxylation is 1. The van der Waals surface area contributed by atoms with Gasteiger partial charge in [-0.25, -0.2) is 9.97 Å². The molecule has 3 rings (SSSR count). The zero-order valence-corrected chi connectivity index (χ0v) is 19.2. The number of benzene rings is 1. The molecule has 174 valence electrons. The van der Waals surface area contributed by atoms with Crippen LogP contribution in [0, 0.1) is 12.3 Å². The normalized spacial score (nSPS) is 12.3. The van der Waals surface area contributed by atoms with Crippen molar-refractivity contribution in [3.05, 3.63) is 58.2 Å². The maximum atomic E-state index is 12.7. The molecule has 0 aliphatic heterocycles. The first-order chi connectivity index (χ1) is 15.3. The minimum absolute atomic E-state index is 0.0349. The first-order valence-electron chi connectivity index (χ1n) is 9.92. The van der Waals surface area contributed by atoms with E-state index in [1.54, 1.807) is 33.8 Å². The van der Waals surface area contributed by atoms with Gasteiger partial charge in [-0.15, -0.1) is 0 Å². The molecule has 3 aromatic rings. The second kappa shape index (κ2) is 9.30. The molecule has 0 radical (unpaired) electrons. The zero-order valence-electron chi connectivity index (χ0n) is 18.4. The number of alkyl halides is 3. The van der Waals surface area contributed by atoms with Gasteiger partial charge in [0, 0.05) is 11.6 Å². The molecule has 1 amide bonds. The zero-order chi connectivity index (χ0) is 24.4. The van der Waals surface area contributed by atoms with E-state index in [2.05, 4.69) is 15.3 Å². The van der Waals surface area contributed by atoms with Gasteiger partial charge in [-0.05, 0) is 51.0 Å². The topological polar surface area (TPSA) is 81.2 Å². The molecule has 0 saturated carbocycles. The third-order valence-corrected chi connectivity index (χ3v) is 5.40. The minimum Gasteiger partial charge on any atom is -0.458 e. The first-order valence-corrected chi connectivity index (χ1v) is 10.7. The Morgan fingerprint density at radius 1 is 1.18 bits per heavy atom. The second-order valence-corrected chi connectivity index (χ2v) is 9.45. The number of fused-ring (bicyclic) bond motifs is 1. The summed E-state index contributed by atoms with van der Waals surface area (Å²) < 4.78 is 42.3. The highest BCUT2D eigenvalue weighted by atomic mass is 32.1. The molecule has 0 unspecified atom stereocenters. The van der Waals surface area contributed by atoms with Crippen molar-refractivity contribution < 1.29 is 27.5 Å². The summed E-state index contributed by atoms with van der Waals surface area (Å²) in [6, 6.07) is 6.07. The number of thiazole rings is 1. The summed E-state index contributed by atoms with van der Waals surface area (Å²) in [4.78, 5) is 33.9. The SMILES string of the molecule is Cc1cc(C=CC(F)(F)F)ccc1C(=O)Nc1cnc2sc(COC(=O)C(C)(C)C)nc2c1. The van der Waals surface area contributed by atoms with Gasteiger partial charge in [0.05, 0.1) is 17.3 Å². The molecule has 0 saturated heterocycles. The van der Waals surface area contributed by atoms with E-state index in [0.29, 0.717) is 37.7 Å². The van der Waals surface area contributed by atoms with Crippen molar-refractivity contribution in [2.45, 2.75) is 40.5 Å². The highest BCUT2D eigenvalue weighted by molar-refractivity contribution is 7.18. The van der Waals surface area contributed by atoms with Crippen molar-refractivity contribution >= 4 is 45.3 Å². The summed E-state index contributed by atoms with van der Waals surface area (Å²) in [5.74, 6) is -0.757. The van der Waals surface area contributed by atoms with Crippen LogP contribution < -0.4 is 5.32 Å². The number of hydrogen-bond acceptors (Lipinski definition) is 6. The van der Waals surface area contributed by atoms with Crippen LogP contribution in [0.15, 0.2) is 36.5 Å². The van der Waals surface area contributed by atoms with Gasteiger partial charge in [-0.2, -0.15) is 13.2 Å². The van der Waals surface area contributed by atoms with Crippen LogP contribution in [0.5, 0.6) is 0 Å². The lowest BCUT2D eigenvalue weighted by molar-refractivity contribution is -0.154. The van der Waals surface area contributed by atoms with Gasteiger partial charge in [-0.3, -0.25) is 9.59 Å². The van der Waals surface area contributed by atoms with Crippen LogP contribution in [0.25, 0.3) is 16.4 Å². The van der Waals surface area contributed by atoms with Gasteiger partial charge in [0.25, 0.3) is 5.91 Å². The lowest BCUT2D eigenvalue weighted by Crippen LogP contribution is -2.22.